The van der Waals surface area contributed by atoms with Crippen LogP contribution in [-0.2, 0) is 11.3 Å². The van der Waals surface area contributed by atoms with Gasteiger partial charge in [0.1, 0.15) is 0 Å². The normalized spacial score (nSPS) is 22.4. The van der Waals surface area contributed by atoms with Gasteiger partial charge < -0.3 is 19.8 Å². The number of anilines is 1. The molecule has 0 radical (unpaired) electrons. The molecule has 1 fully saturated rings. The molecule has 1 unspecified atom stereocenters. The summed E-state index contributed by atoms with van der Waals surface area (Å²) in [6, 6.07) is 0.856. The van der Waals surface area contributed by atoms with Crippen molar-refractivity contribution in [1.29, 1.82) is 0 Å². The molecule has 19 heavy (non-hydrogen) atoms. The number of aromatic nitrogens is 2. The van der Waals surface area contributed by atoms with Crippen molar-refractivity contribution in [3.63, 3.8) is 0 Å². The van der Waals surface area contributed by atoms with Gasteiger partial charge in [-0.3, -0.25) is 0 Å². The first-order chi connectivity index (χ1) is 9.21. The van der Waals surface area contributed by atoms with E-state index in [0.29, 0.717) is 24.5 Å². The molecule has 1 aliphatic heterocycles. The molecule has 0 bridgehead atoms. The molecule has 6 heteroatoms. The summed E-state index contributed by atoms with van der Waals surface area (Å²) in [6.07, 6.45) is 4.04. The second kappa shape index (κ2) is 6.34. The van der Waals surface area contributed by atoms with E-state index in [2.05, 4.69) is 34.7 Å². The van der Waals surface area contributed by atoms with Crippen LogP contribution in [0.25, 0.3) is 0 Å². The molecule has 0 saturated carbocycles. The topological polar surface area (TPSA) is 72.2 Å². The zero-order valence-corrected chi connectivity index (χ0v) is 12.0. The van der Waals surface area contributed by atoms with E-state index in [9.17, 15) is 0 Å². The maximum atomic E-state index is 5.96. The van der Waals surface area contributed by atoms with Crippen LogP contribution in [-0.4, -0.2) is 35.5 Å². The number of hydrogen-bond acceptors (Lipinski definition) is 6. The molecule has 1 aromatic heterocycles. The van der Waals surface area contributed by atoms with Crippen molar-refractivity contribution in [3.8, 4) is 0 Å². The van der Waals surface area contributed by atoms with Crippen LogP contribution in [0.2, 0.25) is 0 Å². The van der Waals surface area contributed by atoms with Gasteiger partial charge in [-0.25, -0.2) is 0 Å². The molecule has 2 N–H and O–H groups in total. The van der Waals surface area contributed by atoms with E-state index in [1.54, 1.807) is 0 Å². The Morgan fingerprint density at radius 1 is 1.32 bits per heavy atom. The highest BCUT2D eigenvalue weighted by Gasteiger charge is 2.34. The predicted octanol–water partition coefficient (Wildman–Crippen LogP) is 1.94. The molecular weight excluding hydrogens is 244 g/mol. The second-order valence-electron chi connectivity index (χ2n) is 5.10. The van der Waals surface area contributed by atoms with E-state index < -0.39 is 0 Å². The monoisotopic (exact) mass is 268 g/mol. The van der Waals surface area contributed by atoms with Crippen LogP contribution in [0.1, 0.15) is 45.4 Å². The van der Waals surface area contributed by atoms with E-state index in [0.717, 1.165) is 32.3 Å². The lowest BCUT2D eigenvalue weighted by Gasteiger charge is -2.39. The number of nitrogens with one attached hydrogen (secondary N) is 2. The van der Waals surface area contributed by atoms with Gasteiger partial charge >= 0.3 is 6.01 Å². The number of hydrogen-bond donors (Lipinski definition) is 2. The van der Waals surface area contributed by atoms with Crippen LogP contribution in [0, 0.1) is 0 Å². The fraction of sp³-hybridized carbons (Fsp3) is 0.846. The summed E-state index contributed by atoms with van der Waals surface area (Å²) in [5.74, 6) is 0.606. The lowest BCUT2D eigenvalue weighted by atomic mass is 9.86. The molecule has 1 aromatic rings. The van der Waals surface area contributed by atoms with Gasteiger partial charge in [0.15, 0.2) is 0 Å². The molecule has 0 amide bonds. The molecule has 1 atom stereocenters. The van der Waals surface area contributed by atoms with Crippen molar-refractivity contribution in [2.45, 2.75) is 57.7 Å². The van der Waals surface area contributed by atoms with Crippen LogP contribution >= 0.6 is 0 Å². The Morgan fingerprint density at radius 2 is 2.11 bits per heavy atom. The molecule has 2 rings (SSSR count). The molecule has 1 saturated heterocycles. The molecule has 1 aliphatic rings. The second-order valence-corrected chi connectivity index (χ2v) is 5.10. The highest BCUT2D eigenvalue weighted by atomic mass is 16.5. The zero-order chi connectivity index (χ0) is 13.7. The summed E-state index contributed by atoms with van der Waals surface area (Å²) >= 11 is 0. The van der Waals surface area contributed by atoms with E-state index in [1.165, 1.54) is 0 Å². The Kier molecular flexibility index (Phi) is 4.76. The van der Waals surface area contributed by atoms with Gasteiger partial charge in [-0.2, -0.15) is 0 Å². The van der Waals surface area contributed by atoms with Crippen molar-refractivity contribution >= 4 is 6.01 Å². The van der Waals surface area contributed by atoms with Crippen LogP contribution in [0.15, 0.2) is 4.42 Å². The maximum absolute atomic E-state index is 5.96. The molecule has 0 aromatic carbocycles. The summed E-state index contributed by atoms with van der Waals surface area (Å²) in [4.78, 5) is 0. The van der Waals surface area contributed by atoms with E-state index in [4.69, 9.17) is 9.15 Å². The molecule has 2 heterocycles. The van der Waals surface area contributed by atoms with Crippen molar-refractivity contribution in [1.82, 2.24) is 15.5 Å². The first-order valence-corrected chi connectivity index (χ1v) is 7.09. The number of rotatable bonds is 6. The summed E-state index contributed by atoms with van der Waals surface area (Å²) in [6.45, 7) is 5.75. The van der Waals surface area contributed by atoms with Crippen LogP contribution in [0.4, 0.5) is 6.01 Å². The van der Waals surface area contributed by atoms with Crippen LogP contribution < -0.4 is 10.6 Å². The van der Waals surface area contributed by atoms with Gasteiger partial charge in [-0.05, 0) is 32.7 Å². The summed E-state index contributed by atoms with van der Waals surface area (Å²) in [7, 11) is 1.85. The average molecular weight is 268 g/mol. The van der Waals surface area contributed by atoms with Crippen molar-refractivity contribution in [3.05, 3.63) is 5.89 Å². The van der Waals surface area contributed by atoms with Crippen molar-refractivity contribution in [2.75, 3.05) is 19.0 Å². The predicted molar refractivity (Wildman–Crippen MR) is 73.0 cm³/mol. The summed E-state index contributed by atoms with van der Waals surface area (Å²) in [5, 5.41) is 14.3. The number of nitrogens with zero attached hydrogens (tertiary/aromatic N) is 2. The highest BCUT2D eigenvalue weighted by molar-refractivity contribution is 5.20. The first kappa shape index (κ1) is 14.3. The van der Waals surface area contributed by atoms with Crippen molar-refractivity contribution in [2.24, 2.45) is 0 Å². The van der Waals surface area contributed by atoms with Crippen LogP contribution in [0.3, 0.4) is 0 Å². The SMILES string of the molecule is CCC1(CC)CC(Nc2nnc(CNC)o2)CCO1. The van der Waals surface area contributed by atoms with Gasteiger partial charge in [0.2, 0.25) is 5.89 Å². The van der Waals surface area contributed by atoms with Gasteiger partial charge in [0, 0.05) is 12.6 Å². The van der Waals surface area contributed by atoms with Gasteiger partial charge in [0.05, 0.1) is 12.1 Å². The Bertz CT molecular complexity index is 390. The van der Waals surface area contributed by atoms with Gasteiger partial charge in [-0.15, -0.1) is 5.10 Å². The third-order valence-electron chi connectivity index (χ3n) is 3.90. The Labute approximate surface area is 114 Å². The summed E-state index contributed by atoms with van der Waals surface area (Å²) in [5.41, 5.74) is 0.00371. The minimum absolute atomic E-state index is 0.00371. The minimum Gasteiger partial charge on any atom is -0.407 e. The summed E-state index contributed by atoms with van der Waals surface area (Å²) < 4.78 is 11.5. The third kappa shape index (κ3) is 3.45. The first-order valence-electron chi connectivity index (χ1n) is 7.09. The Balaban J connectivity index is 1.94. The fourth-order valence-corrected chi connectivity index (χ4v) is 2.60. The average Bonchev–Trinajstić information content (AvgIpc) is 2.87. The molecule has 0 spiro atoms. The number of ether oxygens (including phenoxy) is 1. The molecular formula is C13H24N4O2. The maximum Gasteiger partial charge on any atom is 0.315 e. The van der Waals surface area contributed by atoms with Crippen LogP contribution in [0.5, 0.6) is 0 Å². The van der Waals surface area contributed by atoms with E-state index >= 15 is 0 Å². The molecule has 6 nitrogen and oxygen atoms in total. The standard InChI is InChI=1S/C13H24N4O2/c1-4-13(5-2)8-10(6-7-18-13)15-12-17-16-11(19-12)9-14-3/h10,14H,4-9H2,1-3H3,(H,15,17). The minimum atomic E-state index is 0.00371. The Morgan fingerprint density at radius 3 is 2.79 bits per heavy atom. The highest BCUT2D eigenvalue weighted by Crippen LogP contribution is 2.32. The lowest BCUT2D eigenvalue weighted by Crippen LogP contribution is -2.43. The van der Waals surface area contributed by atoms with Gasteiger partial charge in [-0.1, -0.05) is 18.9 Å². The quantitative estimate of drug-likeness (QED) is 0.821. The Hall–Kier alpha value is -1.14. The van der Waals surface area contributed by atoms with E-state index in [-0.39, 0.29) is 5.60 Å². The largest absolute Gasteiger partial charge is 0.407 e. The third-order valence-corrected chi connectivity index (χ3v) is 3.90. The van der Waals surface area contributed by atoms with E-state index in [1.807, 2.05) is 7.05 Å². The smallest absolute Gasteiger partial charge is 0.315 e. The van der Waals surface area contributed by atoms with Crippen molar-refractivity contribution < 1.29 is 9.15 Å². The molecule has 108 valence electrons. The molecule has 0 aliphatic carbocycles. The fourth-order valence-electron chi connectivity index (χ4n) is 2.60. The van der Waals surface area contributed by atoms with Gasteiger partial charge in [0.25, 0.3) is 0 Å². The zero-order valence-electron chi connectivity index (χ0n) is 12.0. The lowest BCUT2D eigenvalue weighted by molar-refractivity contribution is -0.0866.